The van der Waals surface area contributed by atoms with Gasteiger partial charge in [0, 0.05) is 12.4 Å². The summed E-state index contributed by atoms with van der Waals surface area (Å²) in [4.78, 5) is 24.8. The summed E-state index contributed by atoms with van der Waals surface area (Å²) in [5, 5.41) is 8.69. The molecule has 2 rings (SSSR count). The molecule has 21 heavy (non-hydrogen) atoms. The first-order chi connectivity index (χ1) is 9.81. The van der Waals surface area contributed by atoms with Crippen molar-refractivity contribution in [3.63, 3.8) is 0 Å². The normalized spacial score (nSPS) is 11.1. The van der Waals surface area contributed by atoms with E-state index < -0.39 is 21.4 Å². The van der Waals surface area contributed by atoms with Crippen LogP contribution in [0, 0.1) is 0 Å². The first-order valence-corrected chi connectivity index (χ1v) is 7.40. The van der Waals surface area contributed by atoms with E-state index >= 15 is 0 Å². The van der Waals surface area contributed by atoms with Crippen molar-refractivity contribution in [2.24, 2.45) is 0 Å². The number of halogens is 1. The summed E-state index contributed by atoms with van der Waals surface area (Å²) in [5.41, 5.74) is -1.13. The van der Waals surface area contributed by atoms with Crippen molar-refractivity contribution >= 4 is 33.3 Å². The predicted molar refractivity (Wildman–Crippen MR) is 76.3 cm³/mol. The molecule has 0 amide bonds. The van der Waals surface area contributed by atoms with Crippen molar-refractivity contribution < 1.29 is 18.3 Å². The number of sulfonamides is 1. The van der Waals surface area contributed by atoms with Crippen LogP contribution >= 0.6 is 11.6 Å². The van der Waals surface area contributed by atoms with Crippen molar-refractivity contribution in [2.45, 2.75) is 4.90 Å². The van der Waals surface area contributed by atoms with Crippen molar-refractivity contribution in [3.05, 3.63) is 57.5 Å². The van der Waals surface area contributed by atoms with E-state index in [0.29, 0.717) is 0 Å². The molecule has 0 aliphatic rings. The van der Waals surface area contributed by atoms with Crippen LogP contribution < -0.4 is 10.2 Å². The molecule has 0 aliphatic heterocycles. The standard InChI is InChI=1S/C12H9ClN2O5S/c13-9-5-14-6-10(11(9)16)15-21(19,20)8-3-1-2-7(4-8)12(17)18/h1-6,15H,(H,14,16)(H,17,18). The van der Waals surface area contributed by atoms with E-state index in [0.717, 1.165) is 12.3 Å². The van der Waals surface area contributed by atoms with Gasteiger partial charge in [-0.25, -0.2) is 13.2 Å². The van der Waals surface area contributed by atoms with Crippen LogP contribution in [0.1, 0.15) is 10.4 Å². The van der Waals surface area contributed by atoms with E-state index in [-0.39, 0.29) is 21.2 Å². The number of carboxylic acid groups (broad SMARTS) is 1. The lowest BCUT2D eigenvalue weighted by Gasteiger charge is -2.08. The quantitative estimate of drug-likeness (QED) is 0.787. The Morgan fingerprint density at radius 3 is 2.67 bits per heavy atom. The summed E-state index contributed by atoms with van der Waals surface area (Å²) in [6, 6.07) is 4.75. The Bertz CT molecular complexity index is 860. The molecule has 0 spiro atoms. The molecule has 0 unspecified atom stereocenters. The maximum absolute atomic E-state index is 12.1. The minimum atomic E-state index is -4.10. The largest absolute Gasteiger partial charge is 0.478 e. The number of benzene rings is 1. The summed E-state index contributed by atoms with van der Waals surface area (Å²) in [7, 11) is -4.10. The number of aromatic carboxylic acids is 1. The lowest BCUT2D eigenvalue weighted by atomic mass is 10.2. The number of rotatable bonds is 4. The molecule has 1 aromatic heterocycles. The number of anilines is 1. The second-order valence-electron chi connectivity index (χ2n) is 3.98. The van der Waals surface area contributed by atoms with Gasteiger partial charge in [0.2, 0.25) is 5.43 Å². The summed E-state index contributed by atoms with van der Waals surface area (Å²) in [6.45, 7) is 0. The number of aromatic amines is 1. The lowest BCUT2D eigenvalue weighted by molar-refractivity contribution is 0.0696. The smallest absolute Gasteiger partial charge is 0.335 e. The molecule has 0 radical (unpaired) electrons. The minimum absolute atomic E-state index is 0.172. The average molecular weight is 329 g/mol. The number of hydrogen-bond donors (Lipinski definition) is 3. The van der Waals surface area contributed by atoms with Crippen LogP contribution in [0.3, 0.4) is 0 Å². The van der Waals surface area contributed by atoms with Gasteiger partial charge in [-0.2, -0.15) is 0 Å². The molecule has 2 aromatic rings. The van der Waals surface area contributed by atoms with Crippen LogP contribution in [-0.4, -0.2) is 24.5 Å². The minimum Gasteiger partial charge on any atom is -0.478 e. The van der Waals surface area contributed by atoms with Crippen LogP contribution in [0.2, 0.25) is 5.02 Å². The van der Waals surface area contributed by atoms with Gasteiger partial charge >= 0.3 is 5.97 Å². The summed E-state index contributed by atoms with van der Waals surface area (Å²) < 4.78 is 26.3. The van der Waals surface area contributed by atoms with Crippen LogP contribution in [-0.2, 0) is 10.0 Å². The van der Waals surface area contributed by atoms with Crippen LogP contribution in [0.5, 0.6) is 0 Å². The molecule has 110 valence electrons. The van der Waals surface area contributed by atoms with Gasteiger partial charge < -0.3 is 10.1 Å². The highest BCUT2D eigenvalue weighted by molar-refractivity contribution is 7.92. The first kappa shape index (κ1) is 15.1. The Morgan fingerprint density at radius 1 is 1.29 bits per heavy atom. The number of H-pyrrole nitrogens is 1. The first-order valence-electron chi connectivity index (χ1n) is 5.54. The number of carboxylic acids is 1. The zero-order valence-corrected chi connectivity index (χ0v) is 11.9. The molecule has 3 N–H and O–H groups in total. The fourth-order valence-electron chi connectivity index (χ4n) is 1.53. The number of carbonyl (C=O) groups is 1. The Labute approximate surface area is 124 Å². The van der Waals surface area contributed by atoms with Gasteiger partial charge in [-0.15, -0.1) is 0 Å². The van der Waals surface area contributed by atoms with E-state index in [1.807, 2.05) is 0 Å². The number of hydrogen-bond acceptors (Lipinski definition) is 4. The fraction of sp³-hybridized carbons (Fsp3) is 0. The third kappa shape index (κ3) is 3.23. The average Bonchev–Trinajstić information content (AvgIpc) is 2.44. The maximum Gasteiger partial charge on any atom is 0.335 e. The Kier molecular flexibility index (Phi) is 4.01. The number of pyridine rings is 1. The van der Waals surface area contributed by atoms with Crippen LogP contribution in [0.4, 0.5) is 5.69 Å². The summed E-state index contributed by atoms with van der Waals surface area (Å²) >= 11 is 5.60. The molecule has 7 nitrogen and oxygen atoms in total. The van der Waals surface area contributed by atoms with Gasteiger partial charge in [-0.1, -0.05) is 17.7 Å². The molecular formula is C12H9ClN2O5S. The second kappa shape index (κ2) is 5.58. The van der Waals surface area contributed by atoms with E-state index in [2.05, 4.69) is 9.71 Å². The number of nitrogens with one attached hydrogen (secondary N) is 2. The van der Waals surface area contributed by atoms with Crippen molar-refractivity contribution in [1.82, 2.24) is 4.98 Å². The van der Waals surface area contributed by atoms with Gasteiger partial charge in [0.05, 0.1) is 10.5 Å². The SMILES string of the molecule is O=C(O)c1cccc(S(=O)(=O)Nc2c[nH]cc(Cl)c2=O)c1. The molecule has 9 heteroatoms. The second-order valence-corrected chi connectivity index (χ2v) is 6.07. The van der Waals surface area contributed by atoms with Gasteiger partial charge in [-0.3, -0.25) is 9.52 Å². The van der Waals surface area contributed by atoms with Gasteiger partial charge in [0.25, 0.3) is 10.0 Å². The molecule has 0 bridgehead atoms. The molecule has 0 aliphatic carbocycles. The van der Waals surface area contributed by atoms with Crippen molar-refractivity contribution in [2.75, 3.05) is 4.72 Å². The molecule has 0 saturated carbocycles. The van der Waals surface area contributed by atoms with E-state index in [4.69, 9.17) is 16.7 Å². The topological polar surface area (TPSA) is 116 Å². The molecule has 0 saturated heterocycles. The fourth-order valence-corrected chi connectivity index (χ4v) is 2.80. The van der Waals surface area contributed by atoms with Crippen molar-refractivity contribution in [1.29, 1.82) is 0 Å². The Hall–Kier alpha value is -2.32. The van der Waals surface area contributed by atoms with Gasteiger partial charge in [0.15, 0.2) is 0 Å². The Morgan fingerprint density at radius 2 is 2.00 bits per heavy atom. The van der Waals surface area contributed by atoms with Crippen molar-refractivity contribution in [3.8, 4) is 0 Å². The highest BCUT2D eigenvalue weighted by Crippen LogP contribution is 2.15. The summed E-state index contributed by atoms with van der Waals surface area (Å²) in [6.07, 6.45) is 2.36. The van der Waals surface area contributed by atoms with E-state index in [1.54, 1.807) is 0 Å². The summed E-state index contributed by atoms with van der Waals surface area (Å²) in [5.74, 6) is -1.26. The molecule has 1 aromatic carbocycles. The zero-order chi connectivity index (χ0) is 15.6. The zero-order valence-electron chi connectivity index (χ0n) is 10.3. The van der Waals surface area contributed by atoms with Gasteiger partial charge in [0.1, 0.15) is 10.7 Å². The third-order valence-electron chi connectivity index (χ3n) is 2.53. The highest BCUT2D eigenvalue weighted by Gasteiger charge is 2.18. The number of aromatic nitrogens is 1. The monoisotopic (exact) mass is 328 g/mol. The lowest BCUT2D eigenvalue weighted by Crippen LogP contribution is -2.19. The third-order valence-corrected chi connectivity index (χ3v) is 4.18. The Balaban J connectivity index is 2.43. The van der Waals surface area contributed by atoms with Crippen LogP contribution in [0.15, 0.2) is 46.3 Å². The molecule has 0 fully saturated rings. The maximum atomic E-state index is 12.1. The molecule has 1 heterocycles. The van der Waals surface area contributed by atoms with Crippen LogP contribution in [0.25, 0.3) is 0 Å². The molecule has 0 atom stereocenters. The highest BCUT2D eigenvalue weighted by atomic mass is 35.5. The van der Waals surface area contributed by atoms with Gasteiger partial charge in [-0.05, 0) is 18.2 Å². The van der Waals surface area contributed by atoms with E-state index in [1.165, 1.54) is 24.4 Å². The predicted octanol–water partition coefficient (Wildman–Crippen LogP) is 1.53. The molecular weight excluding hydrogens is 320 g/mol. The van der Waals surface area contributed by atoms with E-state index in [9.17, 15) is 18.0 Å².